The average molecular weight is 419 g/mol. The fourth-order valence-electron chi connectivity index (χ4n) is 3.31. The highest BCUT2D eigenvalue weighted by Gasteiger charge is 2.20. The second-order valence-corrected chi connectivity index (χ2v) is 7.55. The second-order valence-electron chi connectivity index (χ2n) is 7.11. The molecule has 0 aromatic heterocycles. The van der Waals surface area contributed by atoms with Crippen LogP contribution in [0.1, 0.15) is 28.8 Å². The summed E-state index contributed by atoms with van der Waals surface area (Å²) in [6.07, 6.45) is 1.67. The van der Waals surface area contributed by atoms with Crippen molar-refractivity contribution in [2.24, 2.45) is 0 Å². The van der Waals surface area contributed by atoms with Crippen molar-refractivity contribution in [1.29, 1.82) is 0 Å². The smallest absolute Gasteiger partial charge is 0.257 e. The molecule has 154 valence electrons. The van der Waals surface area contributed by atoms with Crippen LogP contribution in [0.3, 0.4) is 0 Å². The van der Waals surface area contributed by atoms with E-state index in [-0.39, 0.29) is 30.7 Å². The van der Waals surface area contributed by atoms with Crippen molar-refractivity contribution in [3.05, 3.63) is 64.4 Å². The van der Waals surface area contributed by atoms with Crippen LogP contribution in [0.2, 0.25) is 5.02 Å². The molecule has 2 amide bonds. The normalized spacial score (nSPS) is 15.8. The summed E-state index contributed by atoms with van der Waals surface area (Å²) in [7, 11) is 1.74. The molecule has 1 heterocycles. The van der Waals surface area contributed by atoms with E-state index in [2.05, 4.69) is 0 Å². The van der Waals surface area contributed by atoms with E-state index in [0.717, 1.165) is 12.8 Å². The van der Waals surface area contributed by atoms with Crippen LogP contribution in [0.25, 0.3) is 0 Å². The summed E-state index contributed by atoms with van der Waals surface area (Å²) in [4.78, 5) is 28.8. The first kappa shape index (κ1) is 21.1. The number of benzene rings is 2. The number of carbonyl (C=O) groups is 2. The number of ether oxygens (including phenoxy) is 1. The number of fused-ring (bicyclic) bond motifs is 1. The lowest BCUT2D eigenvalue weighted by atomic mass is 10.1. The molecule has 29 heavy (non-hydrogen) atoms. The van der Waals surface area contributed by atoms with Gasteiger partial charge < -0.3 is 14.5 Å². The zero-order valence-corrected chi connectivity index (χ0v) is 17.1. The van der Waals surface area contributed by atoms with Gasteiger partial charge in [-0.15, -0.1) is 0 Å². The van der Waals surface area contributed by atoms with Gasteiger partial charge >= 0.3 is 0 Å². The summed E-state index contributed by atoms with van der Waals surface area (Å²) in [5.74, 6) is -0.112. The number of carbonyl (C=O) groups excluding carboxylic acids is 2. The minimum Gasteiger partial charge on any atom is -0.491 e. The van der Waals surface area contributed by atoms with E-state index in [1.807, 2.05) is 0 Å². The molecule has 2 aromatic carbocycles. The van der Waals surface area contributed by atoms with Gasteiger partial charge in [-0.25, -0.2) is 4.39 Å². The molecular formula is C22H24ClFN2O3. The molecule has 2 aromatic rings. The van der Waals surface area contributed by atoms with Gasteiger partial charge in [0.1, 0.15) is 18.2 Å². The third-order valence-corrected chi connectivity index (χ3v) is 5.14. The van der Waals surface area contributed by atoms with Gasteiger partial charge in [-0.3, -0.25) is 9.59 Å². The Morgan fingerprint density at radius 2 is 1.93 bits per heavy atom. The molecule has 7 heteroatoms. The van der Waals surface area contributed by atoms with E-state index in [9.17, 15) is 14.0 Å². The molecule has 0 unspecified atom stereocenters. The fourth-order valence-corrected chi connectivity index (χ4v) is 3.49. The van der Waals surface area contributed by atoms with Crippen LogP contribution in [0.15, 0.2) is 42.5 Å². The lowest BCUT2D eigenvalue weighted by molar-refractivity contribution is -0.131. The Balaban J connectivity index is 1.74. The highest BCUT2D eigenvalue weighted by atomic mass is 35.5. The monoisotopic (exact) mass is 418 g/mol. The van der Waals surface area contributed by atoms with Crippen LogP contribution in [-0.2, 0) is 11.2 Å². The summed E-state index contributed by atoms with van der Waals surface area (Å²) in [5.41, 5.74) is 1.06. The zero-order valence-electron chi connectivity index (χ0n) is 16.4. The van der Waals surface area contributed by atoms with E-state index < -0.39 is 0 Å². The molecule has 0 fully saturated rings. The largest absolute Gasteiger partial charge is 0.491 e. The van der Waals surface area contributed by atoms with Gasteiger partial charge in [0, 0.05) is 25.2 Å². The van der Waals surface area contributed by atoms with Crippen molar-refractivity contribution in [3.63, 3.8) is 0 Å². The Morgan fingerprint density at radius 1 is 1.14 bits per heavy atom. The molecular weight excluding hydrogens is 395 g/mol. The van der Waals surface area contributed by atoms with Crippen molar-refractivity contribution in [1.82, 2.24) is 9.80 Å². The topological polar surface area (TPSA) is 49.9 Å². The first-order valence-corrected chi connectivity index (χ1v) is 10.0. The molecule has 5 nitrogen and oxygen atoms in total. The van der Waals surface area contributed by atoms with Crippen LogP contribution < -0.4 is 4.74 Å². The summed E-state index contributed by atoms with van der Waals surface area (Å²) in [5, 5.41) is 0.466. The lowest BCUT2D eigenvalue weighted by Crippen LogP contribution is -2.37. The van der Waals surface area contributed by atoms with E-state index in [1.165, 1.54) is 12.1 Å². The van der Waals surface area contributed by atoms with E-state index in [0.29, 0.717) is 41.5 Å². The number of amides is 2. The lowest BCUT2D eigenvalue weighted by Gasteiger charge is -2.26. The van der Waals surface area contributed by atoms with Gasteiger partial charge in [0.05, 0.1) is 18.5 Å². The summed E-state index contributed by atoms with van der Waals surface area (Å²) < 4.78 is 19.2. The van der Waals surface area contributed by atoms with Crippen molar-refractivity contribution in [3.8, 4) is 5.75 Å². The maximum absolute atomic E-state index is 13.4. The minimum atomic E-state index is -0.352. The van der Waals surface area contributed by atoms with Crippen LogP contribution in [0.5, 0.6) is 5.75 Å². The molecule has 0 radical (unpaired) electrons. The summed E-state index contributed by atoms with van der Waals surface area (Å²) in [6.45, 7) is 1.77. The fraction of sp³-hybridized carbons (Fsp3) is 0.364. The molecule has 0 atom stereocenters. The van der Waals surface area contributed by atoms with E-state index in [4.69, 9.17) is 16.3 Å². The molecule has 1 aliphatic heterocycles. The first-order chi connectivity index (χ1) is 13.9. The number of halogens is 2. The highest BCUT2D eigenvalue weighted by Crippen LogP contribution is 2.25. The van der Waals surface area contributed by atoms with Gasteiger partial charge in [-0.1, -0.05) is 23.7 Å². The zero-order chi connectivity index (χ0) is 20.8. The maximum atomic E-state index is 13.4. The highest BCUT2D eigenvalue weighted by molar-refractivity contribution is 6.31. The predicted molar refractivity (Wildman–Crippen MR) is 110 cm³/mol. The molecule has 0 saturated carbocycles. The Morgan fingerprint density at radius 3 is 2.72 bits per heavy atom. The van der Waals surface area contributed by atoms with Crippen molar-refractivity contribution < 1.29 is 18.7 Å². The standard InChI is InChI=1S/C22H24ClFN2O3/c1-25-9-2-3-10-26(21(27)14-16-5-4-6-18(24)13-16)11-12-29-20-8-7-17(23)15-19(20)22(25)28/h4-8,13,15H,2-3,9-12,14H2,1H3. The van der Waals surface area contributed by atoms with Crippen LogP contribution in [0, 0.1) is 5.82 Å². The quantitative estimate of drug-likeness (QED) is 0.745. The molecule has 0 saturated heterocycles. The maximum Gasteiger partial charge on any atom is 0.257 e. The summed E-state index contributed by atoms with van der Waals surface area (Å²) in [6, 6.07) is 11.0. The Hall–Kier alpha value is -2.60. The van der Waals surface area contributed by atoms with Crippen LogP contribution in [-0.4, -0.2) is 54.9 Å². The van der Waals surface area contributed by atoms with Crippen LogP contribution in [0.4, 0.5) is 4.39 Å². The van der Waals surface area contributed by atoms with Gasteiger partial charge in [-0.2, -0.15) is 0 Å². The van der Waals surface area contributed by atoms with Gasteiger partial charge in [-0.05, 0) is 48.7 Å². The number of hydrogen-bond acceptors (Lipinski definition) is 3. The Bertz CT molecular complexity index is 890. The molecule has 0 N–H and O–H groups in total. The predicted octanol–water partition coefficient (Wildman–Crippen LogP) is 3.80. The second kappa shape index (κ2) is 9.74. The van der Waals surface area contributed by atoms with Crippen LogP contribution >= 0.6 is 11.6 Å². The van der Waals surface area contributed by atoms with Crippen molar-refractivity contribution in [2.45, 2.75) is 19.3 Å². The van der Waals surface area contributed by atoms with Gasteiger partial charge in [0.2, 0.25) is 5.91 Å². The molecule has 3 rings (SSSR count). The Labute approximate surface area is 175 Å². The Kier molecular flexibility index (Phi) is 7.09. The molecule has 0 aliphatic carbocycles. The average Bonchev–Trinajstić information content (AvgIpc) is 2.69. The van der Waals surface area contributed by atoms with Crippen molar-refractivity contribution in [2.75, 3.05) is 33.3 Å². The van der Waals surface area contributed by atoms with E-state index >= 15 is 0 Å². The van der Waals surface area contributed by atoms with E-state index in [1.54, 1.807) is 47.2 Å². The number of rotatable bonds is 2. The number of nitrogens with zero attached hydrogens (tertiary/aromatic N) is 2. The van der Waals surface area contributed by atoms with Crippen molar-refractivity contribution >= 4 is 23.4 Å². The third-order valence-electron chi connectivity index (χ3n) is 4.91. The first-order valence-electron chi connectivity index (χ1n) is 9.64. The third kappa shape index (κ3) is 5.70. The minimum absolute atomic E-state index is 0.0722. The molecule has 0 spiro atoms. The molecule has 0 bridgehead atoms. The molecule has 1 aliphatic rings. The van der Waals surface area contributed by atoms with Gasteiger partial charge in [0.25, 0.3) is 5.91 Å². The number of hydrogen-bond donors (Lipinski definition) is 0. The van der Waals surface area contributed by atoms with Gasteiger partial charge in [0.15, 0.2) is 0 Å². The summed E-state index contributed by atoms with van der Waals surface area (Å²) >= 11 is 6.06. The SMILES string of the molecule is CN1CCCCN(C(=O)Cc2cccc(F)c2)CCOc2ccc(Cl)cc2C1=O.